The van der Waals surface area contributed by atoms with E-state index >= 15 is 0 Å². The molecule has 0 spiro atoms. The third-order valence-corrected chi connectivity index (χ3v) is 10.4. The topological polar surface area (TPSA) is 120 Å². The molecule has 1 aliphatic rings. The molecule has 5 aromatic rings. The van der Waals surface area contributed by atoms with E-state index in [4.69, 9.17) is 14.7 Å². The average molecular weight is 730 g/mol. The number of hydroxylamine groups is 1. The minimum Gasteiger partial charge on any atom is -0.392 e. The number of amides is 2. The zero-order valence-corrected chi connectivity index (χ0v) is 31.1. The Labute approximate surface area is 317 Å². The van der Waals surface area contributed by atoms with Crippen LogP contribution >= 0.6 is 0 Å². The molecule has 9 nitrogen and oxygen atoms in total. The maximum atomic E-state index is 12.4. The van der Waals surface area contributed by atoms with Crippen molar-refractivity contribution in [2.45, 2.75) is 83.1 Å². The van der Waals surface area contributed by atoms with Gasteiger partial charge >= 0.3 is 0 Å². The van der Waals surface area contributed by atoms with Crippen molar-refractivity contribution in [3.05, 3.63) is 143 Å². The fourth-order valence-corrected chi connectivity index (χ4v) is 7.02. The van der Waals surface area contributed by atoms with Crippen LogP contribution in [-0.4, -0.2) is 46.7 Å². The number of nitrogens with one attached hydrogen (secondary N) is 2. The molecule has 2 amide bonds. The molecule has 1 fully saturated rings. The monoisotopic (exact) mass is 729 g/mol. The zero-order valence-electron chi connectivity index (χ0n) is 31.1. The summed E-state index contributed by atoms with van der Waals surface area (Å²) in [6.07, 6.45) is 2.58. The number of aliphatic hydroxyl groups is 1. The van der Waals surface area contributed by atoms with Gasteiger partial charge in [0.15, 0.2) is 6.29 Å². The van der Waals surface area contributed by atoms with Gasteiger partial charge in [-0.05, 0) is 83.1 Å². The molecule has 9 heteroatoms. The average Bonchev–Trinajstić information content (AvgIpc) is 3.22. The maximum absolute atomic E-state index is 12.4. The van der Waals surface area contributed by atoms with Gasteiger partial charge in [0.05, 0.1) is 18.8 Å². The number of benzene rings is 5. The summed E-state index contributed by atoms with van der Waals surface area (Å²) < 4.78 is 13.3. The van der Waals surface area contributed by atoms with E-state index in [1.54, 1.807) is 5.48 Å². The Kier molecular flexibility index (Phi) is 13.6. The first kappa shape index (κ1) is 38.8. The Hall–Kier alpha value is -4.90. The third-order valence-electron chi connectivity index (χ3n) is 10.4. The number of rotatable bonds is 16. The SMILES string of the molecule is C[C@H](c1ccc2ccccc2c1)N(C)C[C@@H]1C[C@H](c2ccc(CO)cc2)O[C@H](c2ccc(-c3cccc(CNC(=O)CCCCCC(=O)NO)c3)cc2)O1. The molecule has 54 heavy (non-hydrogen) atoms. The highest BCUT2D eigenvalue weighted by atomic mass is 16.7. The maximum Gasteiger partial charge on any atom is 0.243 e. The number of carbonyl (C=O) groups is 2. The number of carbonyl (C=O) groups excluding carboxylic acids is 2. The van der Waals surface area contributed by atoms with Gasteiger partial charge in [0, 0.05) is 44.0 Å². The molecule has 1 heterocycles. The summed E-state index contributed by atoms with van der Waals surface area (Å²) in [6.45, 7) is 3.39. The first-order valence-corrected chi connectivity index (χ1v) is 18.9. The van der Waals surface area contributed by atoms with Gasteiger partial charge < -0.3 is 19.9 Å². The minimum absolute atomic E-state index is 0.00196. The van der Waals surface area contributed by atoms with E-state index < -0.39 is 12.2 Å². The molecule has 0 saturated carbocycles. The van der Waals surface area contributed by atoms with Crippen LogP contribution in [0.3, 0.4) is 0 Å². The first-order valence-electron chi connectivity index (χ1n) is 18.9. The fourth-order valence-electron chi connectivity index (χ4n) is 7.02. The molecule has 0 unspecified atom stereocenters. The minimum atomic E-state index is -0.557. The van der Waals surface area contributed by atoms with Crippen molar-refractivity contribution in [3.63, 3.8) is 0 Å². The molecule has 1 saturated heterocycles. The number of nitrogens with zero attached hydrogens (tertiary/aromatic N) is 1. The lowest BCUT2D eigenvalue weighted by Gasteiger charge is -2.39. The molecule has 1 aliphatic heterocycles. The zero-order chi connectivity index (χ0) is 37.9. The summed E-state index contributed by atoms with van der Waals surface area (Å²) >= 11 is 0. The Morgan fingerprint density at radius 3 is 2.22 bits per heavy atom. The van der Waals surface area contributed by atoms with Crippen LogP contribution in [0.15, 0.2) is 115 Å². The van der Waals surface area contributed by atoms with Gasteiger partial charge in [-0.15, -0.1) is 0 Å². The largest absolute Gasteiger partial charge is 0.392 e. The van der Waals surface area contributed by atoms with E-state index in [9.17, 15) is 14.7 Å². The summed E-state index contributed by atoms with van der Waals surface area (Å²) in [5, 5.41) is 23.7. The number of ether oxygens (including phenoxy) is 2. The Morgan fingerprint density at radius 1 is 0.759 bits per heavy atom. The quantitative estimate of drug-likeness (QED) is 0.0458. The Morgan fingerprint density at radius 2 is 1.48 bits per heavy atom. The molecule has 0 bridgehead atoms. The van der Waals surface area contributed by atoms with Crippen molar-refractivity contribution in [2.24, 2.45) is 0 Å². The number of fused-ring (bicyclic) bond motifs is 1. The second-order valence-corrected chi connectivity index (χ2v) is 14.3. The molecular weight excluding hydrogens is 679 g/mol. The fraction of sp³-hybridized carbons (Fsp3) is 0.333. The van der Waals surface area contributed by atoms with Gasteiger partial charge in [-0.25, -0.2) is 5.48 Å². The van der Waals surface area contributed by atoms with Crippen molar-refractivity contribution in [1.82, 2.24) is 15.7 Å². The van der Waals surface area contributed by atoms with Gasteiger partial charge in [-0.1, -0.05) is 110 Å². The molecule has 282 valence electrons. The van der Waals surface area contributed by atoms with Crippen LogP contribution in [0.25, 0.3) is 21.9 Å². The summed E-state index contributed by atoms with van der Waals surface area (Å²) in [6, 6.07) is 39.7. The molecule has 4 atom stereocenters. The van der Waals surface area contributed by atoms with Crippen LogP contribution in [0.5, 0.6) is 0 Å². The van der Waals surface area contributed by atoms with Gasteiger partial charge in [0.1, 0.15) is 0 Å². The molecule has 0 radical (unpaired) electrons. The van der Waals surface area contributed by atoms with E-state index in [2.05, 4.69) is 103 Å². The normalized spacial score (nSPS) is 17.7. The molecule has 0 aromatic heterocycles. The van der Waals surface area contributed by atoms with Gasteiger partial charge in [-0.2, -0.15) is 0 Å². The van der Waals surface area contributed by atoms with Crippen LogP contribution in [0.1, 0.15) is 91.7 Å². The van der Waals surface area contributed by atoms with Crippen molar-refractivity contribution < 1.29 is 29.4 Å². The summed E-state index contributed by atoms with van der Waals surface area (Å²) in [5.41, 5.74) is 8.85. The second-order valence-electron chi connectivity index (χ2n) is 14.3. The number of likely N-dealkylation sites (N-methyl/N-ethyl adjacent to an activating group) is 1. The predicted octanol–water partition coefficient (Wildman–Crippen LogP) is 8.31. The van der Waals surface area contributed by atoms with Gasteiger partial charge in [0.2, 0.25) is 11.8 Å². The number of aliphatic hydroxyl groups excluding tert-OH is 1. The van der Waals surface area contributed by atoms with Crippen molar-refractivity contribution in [3.8, 4) is 11.1 Å². The number of hydrogen-bond donors (Lipinski definition) is 4. The van der Waals surface area contributed by atoms with E-state index in [-0.39, 0.29) is 37.2 Å². The van der Waals surface area contributed by atoms with E-state index in [0.29, 0.717) is 32.2 Å². The lowest BCUT2D eigenvalue weighted by Crippen LogP contribution is -2.38. The smallest absolute Gasteiger partial charge is 0.243 e. The Balaban J connectivity index is 1.10. The van der Waals surface area contributed by atoms with Crippen molar-refractivity contribution in [1.29, 1.82) is 0 Å². The van der Waals surface area contributed by atoms with E-state index in [1.165, 1.54) is 16.3 Å². The predicted molar refractivity (Wildman–Crippen MR) is 210 cm³/mol. The third kappa shape index (κ3) is 10.4. The highest BCUT2D eigenvalue weighted by Gasteiger charge is 2.33. The number of hydrogen-bond acceptors (Lipinski definition) is 7. The van der Waals surface area contributed by atoms with E-state index in [1.807, 2.05) is 36.4 Å². The number of unbranched alkanes of at least 4 members (excludes halogenated alkanes) is 2. The van der Waals surface area contributed by atoms with Crippen molar-refractivity contribution >= 4 is 22.6 Å². The highest BCUT2D eigenvalue weighted by Crippen LogP contribution is 2.39. The van der Waals surface area contributed by atoms with Crippen LogP contribution in [-0.2, 0) is 32.2 Å². The van der Waals surface area contributed by atoms with Gasteiger partial charge in [-0.3, -0.25) is 19.7 Å². The molecular formula is C45H51N3O6. The van der Waals surface area contributed by atoms with Crippen LogP contribution in [0.4, 0.5) is 0 Å². The van der Waals surface area contributed by atoms with E-state index in [0.717, 1.165) is 46.3 Å². The van der Waals surface area contributed by atoms with Crippen LogP contribution in [0.2, 0.25) is 0 Å². The van der Waals surface area contributed by atoms with Crippen molar-refractivity contribution in [2.75, 3.05) is 13.6 Å². The lowest BCUT2D eigenvalue weighted by atomic mass is 9.98. The first-order chi connectivity index (χ1) is 26.3. The standard InChI is InChI=1S/C45H51N3O6/c1-31(38-24-21-34-10-6-7-11-40(34)26-38)48(2)29-41-27-42(36-17-15-32(30-49)16-18-36)54-45(53-41)37-22-19-35(20-23-37)39-12-8-9-33(25-39)28-46-43(50)13-4-3-5-14-44(51)47-52/h6-12,15-26,31,41-42,45,49,52H,3-5,13-14,27-30H2,1-2H3,(H,46,50)(H,47,51)/t31-,41+,42-,45-/m1/s1. The highest BCUT2D eigenvalue weighted by molar-refractivity contribution is 5.83. The Bertz CT molecular complexity index is 1980. The molecule has 4 N–H and O–H groups in total. The lowest BCUT2D eigenvalue weighted by molar-refractivity contribution is -0.253. The molecule has 6 rings (SSSR count). The summed E-state index contributed by atoms with van der Waals surface area (Å²) in [4.78, 5) is 25.9. The van der Waals surface area contributed by atoms with Crippen LogP contribution < -0.4 is 10.8 Å². The molecule has 5 aromatic carbocycles. The van der Waals surface area contributed by atoms with Crippen LogP contribution in [0, 0.1) is 0 Å². The van der Waals surface area contributed by atoms with Gasteiger partial charge in [0.25, 0.3) is 0 Å². The second kappa shape index (κ2) is 18.9. The summed E-state index contributed by atoms with van der Waals surface area (Å²) in [7, 11) is 2.15. The summed E-state index contributed by atoms with van der Waals surface area (Å²) in [5.74, 6) is -0.436. The molecule has 0 aliphatic carbocycles.